The van der Waals surface area contributed by atoms with Crippen LogP contribution in [-0.4, -0.2) is 22.3 Å². The van der Waals surface area contributed by atoms with Crippen molar-refractivity contribution in [2.24, 2.45) is 5.10 Å². The number of halogens is 1. The Bertz CT molecular complexity index is 1170. The van der Waals surface area contributed by atoms with E-state index in [1.807, 2.05) is 26.0 Å². The number of rotatable bonds is 8. The molecule has 0 fully saturated rings. The summed E-state index contributed by atoms with van der Waals surface area (Å²) < 4.78 is 19.8. The van der Waals surface area contributed by atoms with Crippen molar-refractivity contribution in [1.29, 1.82) is 5.26 Å². The molecule has 3 rings (SSSR count). The SMILES string of the molecule is CCC(C)OCc1ccc(C=NNc2nc(-c3ccccc3)c(C#N)c(=O)[nH]2)cc1F. The summed E-state index contributed by atoms with van der Waals surface area (Å²) in [6.07, 6.45) is 2.32. The van der Waals surface area contributed by atoms with Gasteiger partial charge >= 0.3 is 0 Å². The van der Waals surface area contributed by atoms with Crippen molar-refractivity contribution in [1.82, 2.24) is 9.97 Å². The van der Waals surface area contributed by atoms with Gasteiger partial charge in [-0.1, -0.05) is 49.4 Å². The second-order valence-corrected chi connectivity index (χ2v) is 6.87. The number of hydrogen-bond acceptors (Lipinski definition) is 6. The Balaban J connectivity index is 1.75. The number of nitrogens with one attached hydrogen (secondary N) is 2. The standard InChI is InChI=1S/C23H22FN5O2/c1-3-15(2)31-14-18-10-9-16(11-20(18)24)13-26-29-23-27-21(17-7-5-4-6-8-17)19(12-25)22(30)28-23/h4-11,13,15H,3,14H2,1-2H3,(H2,27,28,29,30). The molecule has 0 radical (unpaired) electrons. The predicted octanol–water partition coefficient (Wildman–Crippen LogP) is 4.21. The molecule has 0 aliphatic carbocycles. The van der Waals surface area contributed by atoms with E-state index in [-0.39, 0.29) is 35.7 Å². The Kier molecular flexibility index (Phi) is 7.25. The number of benzene rings is 2. The van der Waals surface area contributed by atoms with Crippen molar-refractivity contribution in [3.05, 3.63) is 81.4 Å². The van der Waals surface area contributed by atoms with E-state index >= 15 is 0 Å². The van der Waals surface area contributed by atoms with Gasteiger partial charge in [0.15, 0.2) is 0 Å². The number of H-pyrrole nitrogens is 1. The predicted molar refractivity (Wildman–Crippen MR) is 117 cm³/mol. The van der Waals surface area contributed by atoms with Crippen molar-refractivity contribution in [2.45, 2.75) is 33.0 Å². The zero-order valence-corrected chi connectivity index (χ0v) is 17.2. The molecule has 158 valence electrons. The van der Waals surface area contributed by atoms with Crippen LogP contribution in [-0.2, 0) is 11.3 Å². The maximum atomic E-state index is 14.3. The molecule has 0 saturated heterocycles. The van der Waals surface area contributed by atoms with Crippen LogP contribution in [0.1, 0.15) is 37.0 Å². The average Bonchev–Trinajstić information content (AvgIpc) is 2.78. The zero-order chi connectivity index (χ0) is 22.2. The van der Waals surface area contributed by atoms with Crippen LogP contribution >= 0.6 is 0 Å². The van der Waals surface area contributed by atoms with E-state index in [1.54, 1.807) is 36.4 Å². The Morgan fingerprint density at radius 3 is 2.77 bits per heavy atom. The highest BCUT2D eigenvalue weighted by molar-refractivity contribution is 5.80. The van der Waals surface area contributed by atoms with Gasteiger partial charge < -0.3 is 4.74 Å². The van der Waals surface area contributed by atoms with Crippen LogP contribution < -0.4 is 11.0 Å². The smallest absolute Gasteiger partial charge is 0.270 e. The summed E-state index contributed by atoms with van der Waals surface area (Å²) >= 11 is 0. The van der Waals surface area contributed by atoms with Crippen molar-refractivity contribution >= 4 is 12.2 Å². The molecule has 8 heteroatoms. The average molecular weight is 419 g/mol. The molecule has 0 bridgehead atoms. The highest BCUT2D eigenvalue weighted by atomic mass is 19.1. The molecule has 31 heavy (non-hydrogen) atoms. The van der Waals surface area contributed by atoms with Crippen molar-refractivity contribution in [2.75, 3.05) is 5.43 Å². The highest BCUT2D eigenvalue weighted by Gasteiger charge is 2.13. The van der Waals surface area contributed by atoms with E-state index in [1.165, 1.54) is 12.3 Å². The molecule has 3 aromatic rings. The number of anilines is 1. The van der Waals surface area contributed by atoms with Gasteiger partial charge in [0.1, 0.15) is 17.4 Å². The second kappa shape index (κ2) is 10.3. The lowest BCUT2D eigenvalue weighted by Crippen LogP contribution is -2.16. The third-order valence-corrected chi connectivity index (χ3v) is 4.64. The van der Waals surface area contributed by atoms with Crippen LogP contribution in [0.4, 0.5) is 10.3 Å². The molecular formula is C23H22FN5O2. The van der Waals surface area contributed by atoms with Gasteiger partial charge in [-0.05, 0) is 25.0 Å². The van der Waals surface area contributed by atoms with E-state index in [0.29, 0.717) is 16.7 Å². The monoisotopic (exact) mass is 419 g/mol. The molecule has 1 aromatic heterocycles. The first-order chi connectivity index (χ1) is 15.0. The summed E-state index contributed by atoms with van der Waals surface area (Å²) in [6, 6.07) is 15.5. The molecule has 0 spiro atoms. The molecule has 0 aliphatic heterocycles. The van der Waals surface area contributed by atoms with Gasteiger partial charge in [-0.2, -0.15) is 10.4 Å². The van der Waals surface area contributed by atoms with E-state index < -0.39 is 5.56 Å². The largest absolute Gasteiger partial charge is 0.374 e. The van der Waals surface area contributed by atoms with Gasteiger partial charge in [0, 0.05) is 11.1 Å². The van der Waals surface area contributed by atoms with Crippen LogP contribution in [0.5, 0.6) is 0 Å². The zero-order valence-electron chi connectivity index (χ0n) is 17.2. The quantitative estimate of drug-likeness (QED) is 0.421. The first kappa shape index (κ1) is 21.9. The second-order valence-electron chi connectivity index (χ2n) is 6.87. The fourth-order valence-corrected chi connectivity index (χ4v) is 2.71. The van der Waals surface area contributed by atoms with Crippen molar-refractivity contribution < 1.29 is 9.13 Å². The van der Waals surface area contributed by atoms with Crippen LogP contribution in [0.25, 0.3) is 11.3 Å². The first-order valence-corrected chi connectivity index (χ1v) is 9.80. The van der Waals surface area contributed by atoms with Crippen LogP contribution in [0.15, 0.2) is 58.4 Å². The van der Waals surface area contributed by atoms with Crippen LogP contribution in [0.2, 0.25) is 0 Å². The maximum absolute atomic E-state index is 14.3. The lowest BCUT2D eigenvalue weighted by Gasteiger charge is -2.11. The summed E-state index contributed by atoms with van der Waals surface area (Å²) in [4.78, 5) is 19.0. The first-order valence-electron chi connectivity index (χ1n) is 9.80. The third-order valence-electron chi connectivity index (χ3n) is 4.64. The fraction of sp³-hybridized carbons (Fsp3) is 0.217. The van der Waals surface area contributed by atoms with Crippen molar-refractivity contribution in [3.63, 3.8) is 0 Å². The van der Waals surface area contributed by atoms with Crippen LogP contribution in [0.3, 0.4) is 0 Å². The van der Waals surface area contributed by atoms with Crippen LogP contribution in [0, 0.1) is 17.1 Å². The molecule has 1 atom stereocenters. The minimum atomic E-state index is -0.578. The number of aromatic nitrogens is 2. The Hall–Kier alpha value is -3.83. The number of hydrazone groups is 1. The Morgan fingerprint density at radius 1 is 1.32 bits per heavy atom. The molecule has 0 aliphatic rings. The number of ether oxygens (including phenoxy) is 1. The van der Waals surface area contributed by atoms with Gasteiger partial charge in [0.25, 0.3) is 5.56 Å². The normalized spacial score (nSPS) is 11.9. The molecule has 0 saturated carbocycles. The summed E-state index contributed by atoms with van der Waals surface area (Å²) in [7, 11) is 0. The third kappa shape index (κ3) is 5.62. The minimum Gasteiger partial charge on any atom is -0.374 e. The topological polar surface area (TPSA) is 103 Å². The highest BCUT2D eigenvalue weighted by Crippen LogP contribution is 2.19. The molecule has 7 nitrogen and oxygen atoms in total. The lowest BCUT2D eigenvalue weighted by atomic mass is 10.1. The van der Waals surface area contributed by atoms with E-state index in [0.717, 1.165) is 6.42 Å². The van der Waals surface area contributed by atoms with Gasteiger partial charge in [-0.15, -0.1) is 0 Å². The van der Waals surface area contributed by atoms with Gasteiger partial charge in [0.2, 0.25) is 5.95 Å². The van der Waals surface area contributed by atoms with Gasteiger partial charge in [0.05, 0.1) is 24.6 Å². The van der Waals surface area contributed by atoms with E-state index in [2.05, 4.69) is 20.5 Å². The molecular weight excluding hydrogens is 397 g/mol. The van der Waals surface area contributed by atoms with Crippen molar-refractivity contribution in [3.8, 4) is 17.3 Å². The summed E-state index contributed by atoms with van der Waals surface area (Å²) in [5.74, 6) is -0.318. The van der Waals surface area contributed by atoms with Gasteiger partial charge in [-0.25, -0.2) is 14.8 Å². The minimum absolute atomic E-state index is 0.0627. The molecule has 2 N–H and O–H groups in total. The number of aromatic amines is 1. The molecule has 2 aromatic carbocycles. The van der Waals surface area contributed by atoms with E-state index in [4.69, 9.17) is 4.74 Å². The Morgan fingerprint density at radius 2 is 2.10 bits per heavy atom. The van der Waals surface area contributed by atoms with E-state index in [9.17, 15) is 14.4 Å². The van der Waals surface area contributed by atoms with Gasteiger partial charge in [-0.3, -0.25) is 9.78 Å². The lowest BCUT2D eigenvalue weighted by molar-refractivity contribution is 0.0492. The number of nitriles is 1. The summed E-state index contributed by atoms with van der Waals surface area (Å²) in [6.45, 7) is 4.15. The fourth-order valence-electron chi connectivity index (χ4n) is 2.71. The molecule has 0 amide bonds. The molecule has 1 unspecified atom stereocenters. The maximum Gasteiger partial charge on any atom is 0.270 e. The number of hydrogen-bond donors (Lipinski definition) is 2. The molecule has 1 heterocycles. The summed E-state index contributed by atoms with van der Waals surface area (Å²) in [5.41, 5.74) is 3.84. The summed E-state index contributed by atoms with van der Waals surface area (Å²) in [5, 5.41) is 13.3. The number of nitrogens with zero attached hydrogens (tertiary/aromatic N) is 3. The Labute approximate surface area is 179 Å².